The van der Waals surface area contributed by atoms with Crippen molar-refractivity contribution in [2.24, 2.45) is 17.2 Å². The Morgan fingerprint density at radius 1 is 0.794 bits per heavy atom. The SMILES string of the molecule is CCCCc1ccc(-c2ccc(C(=O)N[C@@H](CCCCN)C(=O)N(C)C3C(=O)N[C@@H](C)C(=O)N[C@H](C(=O)O)Cc4ccc(OCCN)c(c4)-c4cc3ccc4OCCN)cc2)cc1. The molecular weight excluding hydrogens is 803 g/mol. The van der Waals surface area contributed by atoms with Crippen LogP contribution in [0.15, 0.2) is 84.9 Å². The van der Waals surface area contributed by atoms with Crippen molar-refractivity contribution in [3.63, 3.8) is 0 Å². The van der Waals surface area contributed by atoms with Gasteiger partial charge in [0.1, 0.15) is 48.9 Å². The van der Waals surface area contributed by atoms with Gasteiger partial charge in [-0.05, 0) is 110 Å². The van der Waals surface area contributed by atoms with Gasteiger partial charge in [-0.1, -0.05) is 61.9 Å². The zero-order chi connectivity index (χ0) is 45.5. The molecule has 1 aliphatic rings. The minimum atomic E-state index is -1.36. The highest BCUT2D eigenvalue weighted by Gasteiger charge is 2.36. The van der Waals surface area contributed by atoms with E-state index in [-0.39, 0.29) is 39.1 Å². The van der Waals surface area contributed by atoms with Crippen LogP contribution in [0, 0.1) is 0 Å². The van der Waals surface area contributed by atoms with Crippen molar-refractivity contribution in [3.8, 4) is 33.8 Å². The van der Waals surface area contributed by atoms with Crippen LogP contribution in [-0.4, -0.2) is 97.6 Å². The number of carbonyl (C=O) groups is 5. The topological polar surface area (TPSA) is 241 Å². The van der Waals surface area contributed by atoms with Crippen LogP contribution in [0.1, 0.15) is 79.0 Å². The minimum Gasteiger partial charge on any atom is -0.492 e. The number of carboxylic acid groups (broad SMARTS) is 1. The maximum absolute atomic E-state index is 14.7. The van der Waals surface area contributed by atoms with Crippen LogP contribution in [-0.2, 0) is 32.0 Å². The smallest absolute Gasteiger partial charge is 0.326 e. The molecule has 4 bridgehead atoms. The van der Waals surface area contributed by atoms with Crippen LogP contribution in [0.3, 0.4) is 0 Å². The van der Waals surface area contributed by atoms with Gasteiger partial charge in [0, 0.05) is 43.2 Å². The standard InChI is InChI=1S/C48H61N7O8/c1-4-5-8-31-10-13-33(14-11-31)34-15-17-35(18-16-34)45(57)53-39(9-6-7-22-49)47(59)55(3)43-36-19-21-42(63-26-24-51)38(29-36)37-27-32(12-20-41(37)62-25-23-50)28-40(48(60)61)54-44(56)30(2)52-46(43)58/h10-21,27,29-30,39-40,43H,4-9,22-26,28,49-51H2,1-3H3,(H,52,58)(H,53,57)(H,54,56)(H,60,61)/t30-,39-,40-,43?/m0/s1. The zero-order valence-corrected chi connectivity index (χ0v) is 36.4. The van der Waals surface area contributed by atoms with E-state index in [9.17, 15) is 29.1 Å². The Morgan fingerprint density at radius 2 is 1.41 bits per heavy atom. The highest BCUT2D eigenvalue weighted by molar-refractivity contribution is 5.99. The van der Waals surface area contributed by atoms with E-state index < -0.39 is 53.8 Å². The third-order valence-electron chi connectivity index (χ3n) is 11.0. The molecule has 0 fully saturated rings. The summed E-state index contributed by atoms with van der Waals surface area (Å²) in [5.74, 6) is -3.00. The second-order valence-corrected chi connectivity index (χ2v) is 15.7. The molecule has 63 heavy (non-hydrogen) atoms. The fourth-order valence-corrected chi connectivity index (χ4v) is 7.50. The molecule has 0 aromatic heterocycles. The molecule has 0 radical (unpaired) electrons. The van der Waals surface area contributed by atoms with E-state index in [2.05, 4.69) is 47.1 Å². The van der Waals surface area contributed by atoms with Gasteiger partial charge in [-0.3, -0.25) is 19.2 Å². The number of aliphatic carboxylic acids is 1. The van der Waals surface area contributed by atoms with E-state index in [4.69, 9.17) is 26.7 Å². The number of nitrogens with one attached hydrogen (secondary N) is 3. The molecule has 1 heterocycles. The first-order chi connectivity index (χ1) is 30.4. The van der Waals surface area contributed by atoms with E-state index in [1.54, 1.807) is 48.5 Å². The van der Waals surface area contributed by atoms with Crippen molar-refractivity contribution in [1.82, 2.24) is 20.9 Å². The average molecular weight is 864 g/mol. The van der Waals surface area contributed by atoms with Crippen LogP contribution in [0.4, 0.5) is 0 Å². The van der Waals surface area contributed by atoms with Crippen molar-refractivity contribution in [1.29, 1.82) is 0 Å². The summed E-state index contributed by atoms with van der Waals surface area (Å²) in [6, 6.07) is 20.7. The first-order valence-electron chi connectivity index (χ1n) is 21.6. The summed E-state index contributed by atoms with van der Waals surface area (Å²) >= 11 is 0. The van der Waals surface area contributed by atoms with E-state index in [0.29, 0.717) is 58.7 Å². The molecule has 15 heteroatoms. The summed E-state index contributed by atoms with van der Waals surface area (Å²) in [5, 5.41) is 18.3. The number of aryl methyl sites for hydroxylation is 1. The molecule has 4 aromatic rings. The molecular formula is C48H61N7O8. The fourth-order valence-electron chi connectivity index (χ4n) is 7.50. The van der Waals surface area contributed by atoms with Crippen molar-refractivity contribution in [2.75, 3.05) is 39.9 Å². The summed E-state index contributed by atoms with van der Waals surface area (Å²) in [7, 11) is 1.46. The summed E-state index contributed by atoms with van der Waals surface area (Å²) in [6.07, 6.45) is 4.50. The van der Waals surface area contributed by atoms with E-state index in [1.165, 1.54) is 24.4 Å². The van der Waals surface area contributed by atoms with Crippen LogP contribution >= 0.6 is 0 Å². The number of hydrogen-bond acceptors (Lipinski definition) is 10. The molecule has 1 aliphatic heterocycles. The Hall–Kier alpha value is -6.29. The van der Waals surface area contributed by atoms with Gasteiger partial charge in [-0.2, -0.15) is 0 Å². The highest BCUT2D eigenvalue weighted by Crippen LogP contribution is 2.40. The van der Waals surface area contributed by atoms with Gasteiger partial charge >= 0.3 is 5.97 Å². The molecule has 1 unspecified atom stereocenters. The number of carbonyl (C=O) groups excluding carboxylic acids is 4. The lowest BCUT2D eigenvalue weighted by Crippen LogP contribution is -2.54. The molecule has 0 spiro atoms. The first kappa shape index (κ1) is 47.8. The summed E-state index contributed by atoms with van der Waals surface area (Å²) in [5.41, 5.74) is 22.9. The van der Waals surface area contributed by atoms with Crippen molar-refractivity contribution < 1.29 is 38.6 Å². The van der Waals surface area contributed by atoms with Crippen LogP contribution in [0.2, 0.25) is 0 Å². The Morgan fingerprint density at radius 3 is 2.02 bits per heavy atom. The molecule has 15 nitrogen and oxygen atoms in total. The molecule has 0 saturated carbocycles. The zero-order valence-electron chi connectivity index (χ0n) is 36.4. The number of carboxylic acids is 1. The predicted molar refractivity (Wildman–Crippen MR) is 242 cm³/mol. The summed E-state index contributed by atoms with van der Waals surface area (Å²) in [4.78, 5) is 70.2. The molecule has 4 aromatic carbocycles. The van der Waals surface area contributed by atoms with Gasteiger partial charge in [0.15, 0.2) is 0 Å². The molecule has 0 saturated heterocycles. The van der Waals surface area contributed by atoms with Crippen molar-refractivity contribution in [2.45, 2.75) is 83.0 Å². The summed E-state index contributed by atoms with van der Waals surface area (Å²) < 4.78 is 12.1. The number of likely N-dealkylation sites (N-methyl/N-ethyl adjacent to an activating group) is 1. The van der Waals surface area contributed by atoms with Crippen molar-refractivity contribution >= 4 is 29.6 Å². The number of benzene rings is 4. The molecule has 0 aliphatic carbocycles. The minimum absolute atomic E-state index is 0.0845. The van der Waals surface area contributed by atoms with Crippen LogP contribution < -0.4 is 42.6 Å². The van der Waals surface area contributed by atoms with Gasteiger partial charge in [-0.15, -0.1) is 0 Å². The van der Waals surface area contributed by atoms with E-state index in [0.717, 1.165) is 30.4 Å². The lowest BCUT2D eigenvalue weighted by molar-refractivity contribution is -0.143. The Kier molecular flexibility index (Phi) is 17.6. The number of unbranched alkanes of at least 4 members (excludes halogenated alkanes) is 2. The normalized spacial score (nSPS) is 16.8. The maximum Gasteiger partial charge on any atom is 0.326 e. The Bertz CT molecular complexity index is 2200. The van der Waals surface area contributed by atoms with E-state index in [1.807, 2.05) is 12.1 Å². The van der Waals surface area contributed by atoms with Gasteiger partial charge in [-0.25, -0.2) is 4.79 Å². The average Bonchev–Trinajstić information content (AvgIpc) is 3.28. The van der Waals surface area contributed by atoms with Crippen LogP contribution in [0.5, 0.6) is 11.5 Å². The number of rotatable bonds is 19. The Labute approximate surface area is 369 Å². The lowest BCUT2D eigenvalue weighted by atomic mass is 9.93. The number of ether oxygens (including phenoxy) is 2. The predicted octanol–water partition coefficient (Wildman–Crippen LogP) is 4.10. The highest BCUT2D eigenvalue weighted by atomic mass is 16.5. The number of nitrogens with zero attached hydrogens (tertiary/aromatic N) is 1. The number of hydrogen-bond donors (Lipinski definition) is 7. The Balaban J connectivity index is 1.53. The molecule has 5 rings (SSSR count). The van der Waals surface area contributed by atoms with Crippen LogP contribution in [0.25, 0.3) is 22.3 Å². The van der Waals surface area contributed by atoms with Gasteiger partial charge in [0.25, 0.3) is 5.91 Å². The largest absolute Gasteiger partial charge is 0.492 e. The lowest BCUT2D eigenvalue weighted by Gasteiger charge is -2.32. The summed E-state index contributed by atoms with van der Waals surface area (Å²) in [6.45, 7) is 4.69. The second-order valence-electron chi connectivity index (χ2n) is 15.7. The number of fused-ring (bicyclic) bond motifs is 5. The van der Waals surface area contributed by atoms with Gasteiger partial charge in [0.05, 0.1) is 0 Å². The molecule has 4 amide bonds. The molecule has 336 valence electrons. The van der Waals surface area contributed by atoms with Gasteiger partial charge < -0.3 is 52.6 Å². The maximum atomic E-state index is 14.7. The fraction of sp³-hybridized carbons (Fsp3) is 0.396. The first-order valence-corrected chi connectivity index (χ1v) is 21.6. The second kappa shape index (κ2) is 23.2. The third kappa shape index (κ3) is 12.7. The number of amides is 4. The van der Waals surface area contributed by atoms with Gasteiger partial charge in [0.2, 0.25) is 17.7 Å². The third-order valence-corrected chi connectivity index (χ3v) is 11.0. The van der Waals surface area contributed by atoms with E-state index >= 15 is 0 Å². The number of nitrogens with two attached hydrogens (primary N) is 3. The molecule has 10 N–H and O–H groups in total. The quantitative estimate of drug-likeness (QED) is 0.0663. The monoisotopic (exact) mass is 863 g/mol. The van der Waals surface area contributed by atoms with Crippen molar-refractivity contribution in [3.05, 3.63) is 107 Å². The molecule has 4 atom stereocenters.